The highest BCUT2D eigenvalue weighted by atomic mass is 16.5. The first-order valence-corrected chi connectivity index (χ1v) is 5.66. The lowest BCUT2D eigenvalue weighted by Gasteiger charge is -2.14. The van der Waals surface area contributed by atoms with Crippen molar-refractivity contribution in [1.29, 1.82) is 0 Å². The van der Waals surface area contributed by atoms with Crippen molar-refractivity contribution in [3.8, 4) is 11.6 Å². The van der Waals surface area contributed by atoms with E-state index in [1.165, 1.54) is 0 Å². The van der Waals surface area contributed by atoms with Gasteiger partial charge in [-0.15, -0.1) is 5.10 Å². The van der Waals surface area contributed by atoms with E-state index in [-0.39, 0.29) is 6.04 Å². The topological polar surface area (TPSA) is 49.9 Å². The van der Waals surface area contributed by atoms with Crippen LogP contribution in [0, 0.1) is 6.92 Å². The molecule has 0 spiro atoms. The van der Waals surface area contributed by atoms with Gasteiger partial charge in [0.2, 0.25) is 5.88 Å². The van der Waals surface area contributed by atoms with Crippen molar-refractivity contribution in [3.05, 3.63) is 41.6 Å². The van der Waals surface area contributed by atoms with Gasteiger partial charge in [-0.3, -0.25) is 5.10 Å². The summed E-state index contributed by atoms with van der Waals surface area (Å²) >= 11 is 0. The van der Waals surface area contributed by atoms with E-state index in [0.717, 1.165) is 17.0 Å². The Bertz CT molecular complexity index is 493. The van der Waals surface area contributed by atoms with E-state index < -0.39 is 0 Å². The third-order valence-electron chi connectivity index (χ3n) is 2.72. The molecule has 90 valence electrons. The van der Waals surface area contributed by atoms with E-state index in [4.69, 9.17) is 4.74 Å². The van der Waals surface area contributed by atoms with Crippen molar-refractivity contribution in [2.75, 3.05) is 7.05 Å². The highest BCUT2D eigenvalue weighted by Gasteiger charge is 2.10. The number of aromatic nitrogens is 2. The largest absolute Gasteiger partial charge is 0.437 e. The number of hydrogen-bond donors (Lipinski definition) is 2. The quantitative estimate of drug-likeness (QED) is 0.850. The molecule has 1 aromatic carbocycles. The lowest BCUT2D eigenvalue weighted by molar-refractivity contribution is 0.448. The molecule has 2 aromatic rings. The molecule has 4 nitrogen and oxygen atoms in total. The maximum atomic E-state index is 5.77. The van der Waals surface area contributed by atoms with Gasteiger partial charge in [0.15, 0.2) is 0 Å². The van der Waals surface area contributed by atoms with Crippen molar-refractivity contribution in [1.82, 2.24) is 15.5 Å². The second-order valence-corrected chi connectivity index (χ2v) is 4.04. The average molecular weight is 231 g/mol. The van der Waals surface area contributed by atoms with Crippen LogP contribution >= 0.6 is 0 Å². The molecule has 0 bridgehead atoms. The molecule has 0 fully saturated rings. The number of rotatable bonds is 4. The molecule has 1 unspecified atom stereocenters. The third kappa shape index (κ3) is 2.65. The Labute approximate surface area is 101 Å². The molecule has 0 aliphatic heterocycles. The third-order valence-corrected chi connectivity index (χ3v) is 2.72. The van der Waals surface area contributed by atoms with Gasteiger partial charge in [0.25, 0.3) is 0 Å². The Morgan fingerprint density at radius 2 is 2.12 bits per heavy atom. The molecule has 0 radical (unpaired) electrons. The number of ether oxygens (including phenoxy) is 1. The molecular formula is C13H17N3O. The first-order chi connectivity index (χ1) is 8.20. The Hall–Kier alpha value is -1.81. The minimum Gasteiger partial charge on any atom is -0.437 e. The summed E-state index contributed by atoms with van der Waals surface area (Å²) in [5.74, 6) is 1.43. The second-order valence-electron chi connectivity index (χ2n) is 4.04. The van der Waals surface area contributed by atoms with Crippen molar-refractivity contribution in [2.45, 2.75) is 19.9 Å². The van der Waals surface area contributed by atoms with Gasteiger partial charge >= 0.3 is 0 Å². The Balaban J connectivity index is 2.26. The fourth-order valence-electron chi connectivity index (χ4n) is 1.64. The number of aryl methyl sites for hydroxylation is 1. The van der Waals surface area contributed by atoms with E-state index in [1.807, 2.05) is 38.2 Å². The summed E-state index contributed by atoms with van der Waals surface area (Å²) < 4.78 is 5.77. The molecular weight excluding hydrogens is 214 g/mol. The molecule has 1 atom stereocenters. The number of benzene rings is 1. The van der Waals surface area contributed by atoms with Crippen LogP contribution in [0.25, 0.3) is 0 Å². The van der Waals surface area contributed by atoms with Crippen molar-refractivity contribution >= 4 is 0 Å². The first kappa shape index (κ1) is 11.7. The Morgan fingerprint density at radius 1 is 1.35 bits per heavy atom. The zero-order chi connectivity index (χ0) is 12.3. The molecule has 0 saturated carbocycles. The molecule has 2 N–H and O–H groups in total. The zero-order valence-corrected chi connectivity index (χ0v) is 10.3. The van der Waals surface area contributed by atoms with Crippen LogP contribution in [0.15, 0.2) is 30.3 Å². The Kier molecular flexibility index (Phi) is 3.44. The number of nitrogens with zero attached hydrogens (tertiary/aromatic N) is 1. The molecule has 17 heavy (non-hydrogen) atoms. The normalized spacial score (nSPS) is 12.4. The lowest BCUT2D eigenvalue weighted by Crippen LogP contribution is -2.13. The van der Waals surface area contributed by atoms with Gasteiger partial charge in [-0.05, 0) is 27.0 Å². The van der Waals surface area contributed by atoms with Gasteiger partial charge in [0.1, 0.15) is 5.75 Å². The summed E-state index contributed by atoms with van der Waals surface area (Å²) in [6.07, 6.45) is 0. The van der Waals surface area contributed by atoms with Crippen LogP contribution in [0.5, 0.6) is 11.6 Å². The van der Waals surface area contributed by atoms with Gasteiger partial charge in [-0.2, -0.15) is 0 Å². The van der Waals surface area contributed by atoms with Crippen molar-refractivity contribution in [2.24, 2.45) is 0 Å². The van der Waals surface area contributed by atoms with Crippen LogP contribution in [0.2, 0.25) is 0 Å². The Morgan fingerprint density at radius 3 is 2.76 bits per heavy atom. The minimum atomic E-state index is 0.242. The predicted molar refractivity (Wildman–Crippen MR) is 67.3 cm³/mol. The van der Waals surface area contributed by atoms with E-state index >= 15 is 0 Å². The van der Waals surface area contributed by atoms with Crippen LogP contribution in [0.4, 0.5) is 0 Å². The lowest BCUT2D eigenvalue weighted by atomic mass is 10.1. The number of nitrogens with one attached hydrogen (secondary N) is 2. The van der Waals surface area contributed by atoms with E-state index in [2.05, 4.69) is 28.5 Å². The molecule has 0 aliphatic rings. The number of hydrogen-bond acceptors (Lipinski definition) is 3. The fraction of sp³-hybridized carbons (Fsp3) is 0.308. The predicted octanol–water partition coefficient (Wildman–Crippen LogP) is 2.79. The maximum absolute atomic E-state index is 5.77. The van der Waals surface area contributed by atoms with Crippen LogP contribution in [-0.4, -0.2) is 17.2 Å². The summed E-state index contributed by atoms with van der Waals surface area (Å²) in [7, 11) is 1.93. The molecule has 4 heteroatoms. The average Bonchev–Trinajstić information content (AvgIpc) is 2.74. The van der Waals surface area contributed by atoms with Crippen LogP contribution in [-0.2, 0) is 0 Å². The van der Waals surface area contributed by atoms with Crippen LogP contribution in [0.3, 0.4) is 0 Å². The highest BCUT2D eigenvalue weighted by Crippen LogP contribution is 2.28. The molecule has 2 rings (SSSR count). The molecule has 0 amide bonds. The van der Waals surface area contributed by atoms with E-state index in [1.54, 1.807) is 0 Å². The van der Waals surface area contributed by atoms with Crippen molar-refractivity contribution in [3.63, 3.8) is 0 Å². The van der Waals surface area contributed by atoms with Gasteiger partial charge in [0, 0.05) is 23.4 Å². The van der Waals surface area contributed by atoms with Gasteiger partial charge in [-0.1, -0.05) is 18.2 Å². The van der Waals surface area contributed by atoms with Gasteiger partial charge in [-0.25, -0.2) is 0 Å². The van der Waals surface area contributed by atoms with E-state index in [0.29, 0.717) is 5.88 Å². The van der Waals surface area contributed by atoms with Gasteiger partial charge in [0.05, 0.1) is 0 Å². The fourth-order valence-corrected chi connectivity index (χ4v) is 1.64. The number of aromatic amines is 1. The van der Waals surface area contributed by atoms with Crippen LogP contribution < -0.4 is 10.1 Å². The maximum Gasteiger partial charge on any atom is 0.238 e. The standard InChI is InChI=1S/C13H17N3O/c1-9-8-13(16-15-9)17-12-7-5-4-6-11(12)10(2)14-3/h4-8,10,14H,1-3H3,(H,15,16). The second kappa shape index (κ2) is 5.01. The number of para-hydroxylation sites is 1. The van der Waals surface area contributed by atoms with Crippen molar-refractivity contribution < 1.29 is 4.74 Å². The molecule has 0 saturated heterocycles. The molecule has 1 heterocycles. The monoisotopic (exact) mass is 231 g/mol. The highest BCUT2D eigenvalue weighted by molar-refractivity contribution is 5.38. The van der Waals surface area contributed by atoms with E-state index in [9.17, 15) is 0 Å². The SMILES string of the molecule is CNC(C)c1ccccc1Oc1cc(C)[nH]n1. The molecule has 1 aromatic heterocycles. The van der Waals surface area contributed by atoms with Gasteiger partial charge < -0.3 is 10.1 Å². The summed E-state index contributed by atoms with van der Waals surface area (Å²) in [4.78, 5) is 0. The number of H-pyrrole nitrogens is 1. The van der Waals surface area contributed by atoms with Crippen LogP contribution in [0.1, 0.15) is 24.2 Å². The minimum absolute atomic E-state index is 0.242. The smallest absolute Gasteiger partial charge is 0.238 e. The summed E-state index contributed by atoms with van der Waals surface area (Å²) in [6.45, 7) is 4.04. The summed E-state index contributed by atoms with van der Waals surface area (Å²) in [5.41, 5.74) is 2.11. The summed E-state index contributed by atoms with van der Waals surface area (Å²) in [6, 6.07) is 10.1. The first-order valence-electron chi connectivity index (χ1n) is 5.66. The zero-order valence-electron chi connectivity index (χ0n) is 10.3. The summed E-state index contributed by atoms with van der Waals surface area (Å²) in [5, 5.41) is 10.1. The molecule has 0 aliphatic carbocycles.